The number of carboxylic acids is 1. The highest BCUT2D eigenvalue weighted by Gasteiger charge is 2.32. The van der Waals surface area contributed by atoms with Crippen molar-refractivity contribution in [1.29, 1.82) is 0 Å². The number of aliphatic carboxylic acids is 1. The lowest BCUT2D eigenvalue weighted by Crippen LogP contribution is -2.57. The minimum Gasteiger partial charge on any atom is -0.481 e. The lowest BCUT2D eigenvalue weighted by molar-refractivity contribution is -0.143. The van der Waals surface area contributed by atoms with Crippen molar-refractivity contribution in [2.75, 3.05) is 19.6 Å². The molecule has 0 aromatic heterocycles. The standard InChI is InChI=1S/C10H17N3O4/c1-6(9(11)16)5-13-3-2-12-10(17)7(13)4-8(14)15/h6-7H,2-5H2,1H3,(H2,11,16)(H,12,17)(H,14,15). The molecule has 2 amide bonds. The zero-order valence-corrected chi connectivity index (χ0v) is 9.68. The van der Waals surface area contributed by atoms with E-state index in [2.05, 4.69) is 5.32 Å². The van der Waals surface area contributed by atoms with Crippen molar-refractivity contribution in [1.82, 2.24) is 10.2 Å². The number of nitrogens with zero attached hydrogens (tertiary/aromatic N) is 1. The predicted molar refractivity (Wildman–Crippen MR) is 59.0 cm³/mol. The SMILES string of the molecule is CC(CN1CCNC(=O)C1CC(=O)O)C(N)=O. The summed E-state index contributed by atoms with van der Waals surface area (Å²) in [6.07, 6.45) is -0.267. The Balaban J connectivity index is 2.68. The molecule has 1 rings (SSSR count). The molecule has 0 aromatic carbocycles. The second-order valence-corrected chi connectivity index (χ2v) is 4.20. The third-order valence-electron chi connectivity index (χ3n) is 2.80. The lowest BCUT2D eigenvalue weighted by atomic mass is 10.1. The first-order valence-corrected chi connectivity index (χ1v) is 5.44. The van der Waals surface area contributed by atoms with Crippen LogP contribution in [0.4, 0.5) is 0 Å². The van der Waals surface area contributed by atoms with E-state index in [9.17, 15) is 14.4 Å². The van der Waals surface area contributed by atoms with Gasteiger partial charge in [0.2, 0.25) is 11.8 Å². The molecule has 7 heteroatoms. The van der Waals surface area contributed by atoms with Gasteiger partial charge in [0.05, 0.1) is 12.5 Å². The molecule has 0 spiro atoms. The number of nitrogens with one attached hydrogen (secondary N) is 1. The number of primary amides is 1. The Kier molecular flexibility index (Phi) is 4.45. The Bertz CT molecular complexity index is 332. The quantitative estimate of drug-likeness (QED) is 0.537. The van der Waals surface area contributed by atoms with Crippen LogP contribution < -0.4 is 11.1 Å². The Hall–Kier alpha value is -1.63. The average Bonchev–Trinajstić information content (AvgIpc) is 2.22. The highest BCUT2D eigenvalue weighted by atomic mass is 16.4. The topological polar surface area (TPSA) is 113 Å². The lowest BCUT2D eigenvalue weighted by Gasteiger charge is -2.35. The van der Waals surface area contributed by atoms with Crippen LogP contribution in [0.25, 0.3) is 0 Å². The van der Waals surface area contributed by atoms with E-state index in [0.717, 1.165) is 0 Å². The van der Waals surface area contributed by atoms with Crippen molar-refractivity contribution < 1.29 is 19.5 Å². The minimum absolute atomic E-state index is 0.267. The van der Waals surface area contributed by atoms with Gasteiger partial charge in [-0.05, 0) is 0 Å². The van der Waals surface area contributed by atoms with Gasteiger partial charge in [0.15, 0.2) is 0 Å². The predicted octanol–water partition coefficient (Wildman–Crippen LogP) is -1.62. The molecular weight excluding hydrogens is 226 g/mol. The summed E-state index contributed by atoms with van der Waals surface area (Å²) in [6.45, 7) is 2.95. The maximum atomic E-state index is 11.6. The maximum Gasteiger partial charge on any atom is 0.305 e. The summed E-state index contributed by atoms with van der Waals surface area (Å²) in [7, 11) is 0. The van der Waals surface area contributed by atoms with Crippen molar-refractivity contribution in [3.8, 4) is 0 Å². The van der Waals surface area contributed by atoms with Gasteiger partial charge in [-0.15, -0.1) is 0 Å². The van der Waals surface area contributed by atoms with E-state index in [0.29, 0.717) is 19.6 Å². The molecule has 1 aliphatic heterocycles. The summed E-state index contributed by atoms with van der Waals surface area (Å²) in [6, 6.07) is -0.719. The molecule has 17 heavy (non-hydrogen) atoms. The molecule has 0 saturated carbocycles. The highest BCUT2D eigenvalue weighted by Crippen LogP contribution is 2.11. The van der Waals surface area contributed by atoms with E-state index < -0.39 is 23.8 Å². The Morgan fingerprint density at radius 3 is 2.82 bits per heavy atom. The van der Waals surface area contributed by atoms with Gasteiger partial charge >= 0.3 is 5.97 Å². The van der Waals surface area contributed by atoms with Gasteiger partial charge in [0, 0.05) is 25.6 Å². The highest BCUT2D eigenvalue weighted by molar-refractivity contribution is 5.86. The number of hydrogen-bond acceptors (Lipinski definition) is 4. The summed E-state index contributed by atoms with van der Waals surface area (Å²) in [4.78, 5) is 34.9. The number of carboxylic acid groups (broad SMARTS) is 1. The summed E-state index contributed by atoms with van der Waals surface area (Å²) in [5.74, 6) is -2.21. The molecule has 0 aliphatic carbocycles. The van der Waals surface area contributed by atoms with E-state index in [4.69, 9.17) is 10.8 Å². The number of piperazine rings is 1. The first-order chi connectivity index (χ1) is 7.91. The molecule has 1 aliphatic rings. The summed E-state index contributed by atoms with van der Waals surface area (Å²) < 4.78 is 0. The van der Waals surface area contributed by atoms with Crippen LogP contribution in [-0.4, -0.2) is 53.5 Å². The molecule has 0 bridgehead atoms. The van der Waals surface area contributed by atoms with Crippen LogP contribution in [-0.2, 0) is 14.4 Å². The van der Waals surface area contributed by atoms with Gasteiger partial charge in [-0.1, -0.05) is 6.92 Å². The van der Waals surface area contributed by atoms with Crippen molar-refractivity contribution in [2.45, 2.75) is 19.4 Å². The van der Waals surface area contributed by atoms with Gasteiger partial charge < -0.3 is 16.2 Å². The second kappa shape index (κ2) is 5.62. The Morgan fingerprint density at radius 2 is 2.29 bits per heavy atom. The van der Waals surface area contributed by atoms with Gasteiger partial charge in [0.1, 0.15) is 0 Å². The third-order valence-corrected chi connectivity index (χ3v) is 2.80. The van der Waals surface area contributed by atoms with E-state index in [1.807, 2.05) is 0 Å². The van der Waals surface area contributed by atoms with Crippen LogP contribution in [0.3, 0.4) is 0 Å². The smallest absolute Gasteiger partial charge is 0.305 e. The molecule has 0 aromatic rings. The van der Waals surface area contributed by atoms with E-state index >= 15 is 0 Å². The number of carbonyl (C=O) groups excluding carboxylic acids is 2. The molecule has 96 valence electrons. The Morgan fingerprint density at radius 1 is 1.65 bits per heavy atom. The fourth-order valence-electron chi connectivity index (χ4n) is 1.81. The molecular formula is C10H17N3O4. The van der Waals surface area contributed by atoms with Crippen LogP contribution in [0.15, 0.2) is 0 Å². The van der Waals surface area contributed by atoms with Crippen LogP contribution >= 0.6 is 0 Å². The first kappa shape index (κ1) is 13.4. The number of amides is 2. The zero-order chi connectivity index (χ0) is 13.0. The van der Waals surface area contributed by atoms with Crippen molar-refractivity contribution in [2.24, 2.45) is 11.7 Å². The molecule has 0 radical (unpaired) electrons. The second-order valence-electron chi connectivity index (χ2n) is 4.20. The molecule has 7 nitrogen and oxygen atoms in total. The largest absolute Gasteiger partial charge is 0.481 e. The van der Waals surface area contributed by atoms with Crippen molar-refractivity contribution >= 4 is 17.8 Å². The summed E-state index contributed by atoms with van der Waals surface area (Å²) >= 11 is 0. The molecule has 1 fully saturated rings. The maximum absolute atomic E-state index is 11.6. The van der Waals surface area contributed by atoms with E-state index in [1.165, 1.54) is 0 Å². The van der Waals surface area contributed by atoms with E-state index in [-0.39, 0.29) is 12.3 Å². The number of nitrogens with two attached hydrogens (primary N) is 1. The number of hydrogen-bond donors (Lipinski definition) is 3. The van der Waals surface area contributed by atoms with E-state index in [1.54, 1.807) is 11.8 Å². The minimum atomic E-state index is -1.04. The van der Waals surface area contributed by atoms with Gasteiger partial charge in [-0.2, -0.15) is 0 Å². The number of rotatable bonds is 5. The molecule has 1 saturated heterocycles. The third kappa shape index (κ3) is 3.70. The van der Waals surface area contributed by atoms with Gasteiger partial charge in [-0.3, -0.25) is 19.3 Å². The van der Waals surface area contributed by atoms with Gasteiger partial charge in [-0.25, -0.2) is 0 Å². The normalized spacial score (nSPS) is 22.9. The summed E-state index contributed by atoms with van der Waals surface area (Å²) in [5.41, 5.74) is 5.15. The molecule has 1 heterocycles. The number of carbonyl (C=O) groups is 3. The van der Waals surface area contributed by atoms with Gasteiger partial charge in [0.25, 0.3) is 0 Å². The molecule has 2 atom stereocenters. The monoisotopic (exact) mass is 243 g/mol. The average molecular weight is 243 g/mol. The molecule has 4 N–H and O–H groups in total. The van der Waals surface area contributed by atoms with Crippen LogP contribution in [0.1, 0.15) is 13.3 Å². The fraction of sp³-hybridized carbons (Fsp3) is 0.700. The van der Waals surface area contributed by atoms with Crippen LogP contribution in [0, 0.1) is 5.92 Å². The Labute approximate surface area is 98.9 Å². The van der Waals surface area contributed by atoms with Crippen molar-refractivity contribution in [3.05, 3.63) is 0 Å². The zero-order valence-electron chi connectivity index (χ0n) is 9.68. The first-order valence-electron chi connectivity index (χ1n) is 5.44. The summed E-state index contributed by atoms with van der Waals surface area (Å²) in [5, 5.41) is 11.4. The fourth-order valence-corrected chi connectivity index (χ4v) is 1.81. The van der Waals surface area contributed by atoms with Crippen LogP contribution in [0.2, 0.25) is 0 Å². The molecule has 2 unspecified atom stereocenters. The van der Waals surface area contributed by atoms with Crippen molar-refractivity contribution in [3.63, 3.8) is 0 Å². The van der Waals surface area contributed by atoms with Crippen LogP contribution in [0.5, 0.6) is 0 Å².